The van der Waals surface area contributed by atoms with Crippen molar-refractivity contribution in [3.05, 3.63) is 66.0 Å². The molecule has 1 saturated heterocycles. The highest BCUT2D eigenvalue weighted by Crippen LogP contribution is 2.45. The van der Waals surface area contributed by atoms with Gasteiger partial charge in [-0.3, -0.25) is 4.79 Å². The number of aromatic nitrogens is 2. The Labute approximate surface area is 159 Å². The zero-order chi connectivity index (χ0) is 18.2. The van der Waals surface area contributed by atoms with Crippen LogP contribution in [0.15, 0.2) is 54.9 Å². The van der Waals surface area contributed by atoms with Crippen molar-refractivity contribution in [1.29, 1.82) is 0 Å². The molecule has 0 amide bonds. The first-order chi connectivity index (χ1) is 13.3. The van der Waals surface area contributed by atoms with Crippen molar-refractivity contribution in [2.45, 2.75) is 37.5 Å². The van der Waals surface area contributed by atoms with Crippen LogP contribution in [0.25, 0.3) is 11.0 Å². The number of carbonyl (C=O) groups is 1. The van der Waals surface area contributed by atoms with E-state index in [9.17, 15) is 4.79 Å². The Hall–Kier alpha value is -2.62. The first-order valence-electron chi connectivity index (χ1n) is 9.94. The molecule has 5 rings (SSSR count). The molecule has 0 bridgehead atoms. The molecule has 2 aromatic carbocycles. The first-order valence-corrected chi connectivity index (χ1v) is 9.94. The van der Waals surface area contributed by atoms with Gasteiger partial charge in [-0.2, -0.15) is 0 Å². The van der Waals surface area contributed by atoms with Gasteiger partial charge in [0.05, 0.1) is 29.9 Å². The van der Waals surface area contributed by atoms with Crippen LogP contribution in [0.1, 0.15) is 48.6 Å². The Morgan fingerprint density at radius 1 is 0.963 bits per heavy atom. The number of nitrogens with zero attached hydrogens (tertiary/aromatic N) is 1. The summed E-state index contributed by atoms with van der Waals surface area (Å²) in [7, 11) is 0. The van der Waals surface area contributed by atoms with E-state index >= 15 is 0 Å². The molecule has 0 radical (unpaired) electrons. The van der Waals surface area contributed by atoms with Crippen molar-refractivity contribution in [3.63, 3.8) is 0 Å². The fourth-order valence-corrected chi connectivity index (χ4v) is 5.08. The minimum atomic E-state index is -0.143. The number of aromatic amines is 1. The van der Waals surface area contributed by atoms with E-state index in [1.807, 2.05) is 12.1 Å². The molecule has 2 aliphatic rings. The van der Waals surface area contributed by atoms with E-state index < -0.39 is 0 Å². The molecule has 1 unspecified atom stereocenters. The minimum absolute atomic E-state index is 0.0657. The molecule has 1 N–H and O–H groups in total. The van der Waals surface area contributed by atoms with Gasteiger partial charge < -0.3 is 9.72 Å². The van der Waals surface area contributed by atoms with E-state index in [-0.39, 0.29) is 17.8 Å². The van der Waals surface area contributed by atoms with Crippen molar-refractivity contribution in [2.24, 2.45) is 11.8 Å². The number of fused-ring (bicyclic) bond motifs is 1. The summed E-state index contributed by atoms with van der Waals surface area (Å²) < 4.78 is 5.53. The number of rotatable bonds is 3. The number of imidazole rings is 1. The maximum Gasteiger partial charge on any atom is 0.313 e. The molecule has 1 aromatic heterocycles. The number of carbonyl (C=O) groups excluding carboxylic acids is 1. The van der Waals surface area contributed by atoms with Crippen LogP contribution in [0.4, 0.5) is 0 Å². The molecule has 2 heterocycles. The van der Waals surface area contributed by atoms with Gasteiger partial charge in [0.15, 0.2) is 0 Å². The number of benzene rings is 2. The molecule has 1 saturated carbocycles. The lowest BCUT2D eigenvalue weighted by Gasteiger charge is -2.33. The normalized spacial score (nSPS) is 28.4. The topological polar surface area (TPSA) is 55.0 Å². The minimum Gasteiger partial charge on any atom is -0.465 e. The van der Waals surface area contributed by atoms with Gasteiger partial charge in [-0.05, 0) is 60.8 Å². The van der Waals surface area contributed by atoms with Gasteiger partial charge in [0.25, 0.3) is 0 Å². The molecule has 4 nitrogen and oxygen atoms in total. The van der Waals surface area contributed by atoms with Gasteiger partial charge in [0.2, 0.25) is 0 Å². The predicted molar refractivity (Wildman–Crippen MR) is 104 cm³/mol. The van der Waals surface area contributed by atoms with Crippen LogP contribution in [0, 0.1) is 11.8 Å². The first kappa shape index (κ1) is 16.5. The molecule has 27 heavy (non-hydrogen) atoms. The molecule has 138 valence electrons. The molecular formula is C23H24N2O2. The standard InChI is InChI=1S/C23H24N2O2/c26-23-22(18-10-11-20-21(12-18)25-14-24-20)19(13-27-23)17-8-6-16(7-9-17)15-4-2-1-3-5-15/h1-5,10-12,14,16-17,19,22H,6-9,13H2,(H,24,25)/t16?,17?,19-,22?/m1/s1. The number of H-pyrrole nitrogens is 1. The lowest BCUT2D eigenvalue weighted by Crippen LogP contribution is -2.26. The second kappa shape index (κ2) is 6.84. The third kappa shape index (κ3) is 3.03. The highest BCUT2D eigenvalue weighted by molar-refractivity contribution is 5.83. The van der Waals surface area contributed by atoms with Gasteiger partial charge in [-0.25, -0.2) is 4.98 Å². The van der Waals surface area contributed by atoms with E-state index in [2.05, 4.69) is 46.4 Å². The number of nitrogens with one attached hydrogen (secondary N) is 1. The van der Waals surface area contributed by atoms with Crippen LogP contribution in [-0.4, -0.2) is 22.5 Å². The van der Waals surface area contributed by atoms with E-state index in [4.69, 9.17) is 4.74 Å². The van der Waals surface area contributed by atoms with Crippen LogP contribution in [0.3, 0.4) is 0 Å². The van der Waals surface area contributed by atoms with Crippen molar-refractivity contribution in [3.8, 4) is 0 Å². The lowest BCUT2D eigenvalue weighted by atomic mass is 9.70. The monoisotopic (exact) mass is 360 g/mol. The average molecular weight is 360 g/mol. The quantitative estimate of drug-likeness (QED) is 0.683. The van der Waals surface area contributed by atoms with Gasteiger partial charge in [-0.15, -0.1) is 0 Å². The van der Waals surface area contributed by atoms with Gasteiger partial charge >= 0.3 is 5.97 Å². The predicted octanol–water partition coefficient (Wildman–Crippen LogP) is 4.79. The molecule has 2 atom stereocenters. The zero-order valence-electron chi connectivity index (χ0n) is 15.3. The fourth-order valence-electron chi connectivity index (χ4n) is 5.08. The third-order valence-electron chi connectivity index (χ3n) is 6.55. The van der Waals surface area contributed by atoms with Gasteiger partial charge in [0.1, 0.15) is 0 Å². The van der Waals surface area contributed by atoms with Gasteiger partial charge in [0, 0.05) is 5.92 Å². The Morgan fingerprint density at radius 2 is 1.78 bits per heavy atom. The number of ether oxygens (including phenoxy) is 1. The van der Waals surface area contributed by atoms with Crippen LogP contribution in [0.5, 0.6) is 0 Å². The molecule has 0 spiro atoms. The molecular weight excluding hydrogens is 336 g/mol. The van der Waals surface area contributed by atoms with Crippen LogP contribution < -0.4 is 0 Å². The Balaban J connectivity index is 1.34. The summed E-state index contributed by atoms with van der Waals surface area (Å²) >= 11 is 0. The fraction of sp³-hybridized carbons (Fsp3) is 0.391. The average Bonchev–Trinajstić information content (AvgIpc) is 3.34. The number of esters is 1. The maximum absolute atomic E-state index is 12.5. The Kier molecular flexibility index (Phi) is 4.19. The SMILES string of the molecule is O=C1OC[C@H](C2CCC(c3ccccc3)CC2)C1c1ccc2nc[nH]c2c1. The number of hydrogen-bond donors (Lipinski definition) is 1. The second-order valence-corrected chi connectivity index (χ2v) is 7.97. The van der Waals surface area contributed by atoms with Crippen molar-refractivity contribution in [2.75, 3.05) is 6.61 Å². The summed E-state index contributed by atoms with van der Waals surface area (Å²) in [6, 6.07) is 16.9. The largest absolute Gasteiger partial charge is 0.465 e. The summed E-state index contributed by atoms with van der Waals surface area (Å²) in [4.78, 5) is 20.0. The Morgan fingerprint density at radius 3 is 2.59 bits per heavy atom. The summed E-state index contributed by atoms with van der Waals surface area (Å²) in [5.41, 5.74) is 4.43. The van der Waals surface area contributed by atoms with E-state index in [1.54, 1.807) is 6.33 Å². The molecule has 3 aromatic rings. The molecule has 1 aliphatic heterocycles. The highest BCUT2D eigenvalue weighted by Gasteiger charge is 2.43. The second-order valence-electron chi connectivity index (χ2n) is 7.97. The van der Waals surface area contributed by atoms with E-state index in [1.165, 1.54) is 31.2 Å². The molecule has 1 aliphatic carbocycles. The zero-order valence-corrected chi connectivity index (χ0v) is 15.3. The van der Waals surface area contributed by atoms with Crippen molar-refractivity contribution in [1.82, 2.24) is 9.97 Å². The smallest absolute Gasteiger partial charge is 0.313 e. The Bertz CT molecular complexity index is 941. The van der Waals surface area contributed by atoms with Crippen LogP contribution in [0.2, 0.25) is 0 Å². The van der Waals surface area contributed by atoms with E-state index in [0.29, 0.717) is 18.4 Å². The highest BCUT2D eigenvalue weighted by atomic mass is 16.5. The van der Waals surface area contributed by atoms with Crippen LogP contribution >= 0.6 is 0 Å². The van der Waals surface area contributed by atoms with Crippen molar-refractivity contribution < 1.29 is 9.53 Å². The maximum atomic E-state index is 12.5. The summed E-state index contributed by atoms with van der Waals surface area (Å²) in [5.74, 6) is 1.29. The number of hydrogen-bond acceptors (Lipinski definition) is 3. The summed E-state index contributed by atoms with van der Waals surface area (Å²) in [5, 5.41) is 0. The number of cyclic esters (lactones) is 1. The van der Waals surface area contributed by atoms with Gasteiger partial charge in [-0.1, -0.05) is 36.4 Å². The summed E-state index contributed by atoms with van der Waals surface area (Å²) in [6.45, 7) is 0.561. The third-order valence-corrected chi connectivity index (χ3v) is 6.55. The lowest BCUT2D eigenvalue weighted by molar-refractivity contribution is -0.139. The molecule has 2 fully saturated rings. The van der Waals surface area contributed by atoms with Crippen LogP contribution in [-0.2, 0) is 9.53 Å². The summed E-state index contributed by atoms with van der Waals surface area (Å²) in [6.07, 6.45) is 6.44. The van der Waals surface area contributed by atoms with E-state index in [0.717, 1.165) is 16.6 Å². The molecule has 4 heteroatoms. The van der Waals surface area contributed by atoms with Crippen molar-refractivity contribution >= 4 is 17.0 Å².